The fourth-order valence-corrected chi connectivity index (χ4v) is 6.67. The topological polar surface area (TPSA) is 78.0 Å². The second-order valence-electron chi connectivity index (χ2n) is 7.97. The van der Waals surface area contributed by atoms with Crippen LogP contribution in [-0.2, 0) is 9.84 Å². The number of methoxy groups -OCH3 is 3. The molecule has 1 saturated heterocycles. The summed E-state index contributed by atoms with van der Waals surface area (Å²) in [5, 5.41) is 2.50. The van der Waals surface area contributed by atoms with Crippen molar-refractivity contribution in [1.29, 1.82) is 0 Å². The third kappa shape index (κ3) is 4.65. The van der Waals surface area contributed by atoms with Crippen LogP contribution in [0.2, 0.25) is 0 Å². The maximum atomic E-state index is 13.0. The van der Waals surface area contributed by atoms with Crippen LogP contribution in [0.3, 0.4) is 0 Å². The molecule has 1 aliphatic rings. The van der Waals surface area contributed by atoms with Gasteiger partial charge in [-0.3, -0.25) is 0 Å². The van der Waals surface area contributed by atoms with Crippen molar-refractivity contribution < 1.29 is 22.6 Å². The van der Waals surface area contributed by atoms with Crippen LogP contribution in [0.4, 0.5) is 5.13 Å². The van der Waals surface area contributed by atoms with Gasteiger partial charge in [0, 0.05) is 24.0 Å². The van der Waals surface area contributed by atoms with Gasteiger partial charge in [0.15, 0.2) is 26.5 Å². The summed E-state index contributed by atoms with van der Waals surface area (Å²) in [6.45, 7) is 3.26. The van der Waals surface area contributed by atoms with Crippen LogP contribution in [0.5, 0.6) is 17.2 Å². The summed E-state index contributed by atoms with van der Waals surface area (Å²) in [5.74, 6) is 1.68. The van der Waals surface area contributed by atoms with E-state index in [1.165, 1.54) is 0 Å². The Hall–Kier alpha value is -2.78. The van der Waals surface area contributed by atoms with Gasteiger partial charge in [0.1, 0.15) is 0 Å². The minimum Gasteiger partial charge on any atom is -0.493 e. The fourth-order valence-electron chi connectivity index (χ4n) is 4.05. The Morgan fingerprint density at radius 1 is 0.970 bits per heavy atom. The highest BCUT2D eigenvalue weighted by atomic mass is 32.2. The number of nitrogens with zero attached hydrogens (tertiary/aromatic N) is 2. The number of aryl methyl sites for hydroxylation is 1. The van der Waals surface area contributed by atoms with Crippen molar-refractivity contribution in [2.75, 3.05) is 39.3 Å². The number of thiazole rings is 1. The Morgan fingerprint density at radius 2 is 1.58 bits per heavy atom. The van der Waals surface area contributed by atoms with Gasteiger partial charge in [0.2, 0.25) is 5.75 Å². The molecule has 2 heterocycles. The quantitative estimate of drug-likeness (QED) is 0.481. The van der Waals surface area contributed by atoms with E-state index < -0.39 is 9.84 Å². The lowest BCUT2D eigenvalue weighted by Crippen LogP contribution is -2.39. The van der Waals surface area contributed by atoms with E-state index in [2.05, 4.69) is 4.90 Å². The zero-order chi connectivity index (χ0) is 23.6. The SMILES string of the molecule is COc1cc(-c2csc(N3CCC(S(=O)(=O)c4ccc(C)cc4)CC3)n2)cc(OC)c1OC. The molecular formula is C24H28N2O5S2. The number of rotatable bonds is 7. The summed E-state index contributed by atoms with van der Waals surface area (Å²) >= 11 is 1.55. The zero-order valence-corrected chi connectivity index (χ0v) is 20.8. The van der Waals surface area contributed by atoms with E-state index in [9.17, 15) is 8.42 Å². The van der Waals surface area contributed by atoms with E-state index in [1.807, 2.05) is 36.6 Å². The molecule has 0 aliphatic carbocycles. The Balaban J connectivity index is 1.49. The van der Waals surface area contributed by atoms with Gasteiger partial charge in [0.05, 0.1) is 37.2 Å². The molecular weight excluding hydrogens is 460 g/mol. The van der Waals surface area contributed by atoms with Gasteiger partial charge in [-0.2, -0.15) is 0 Å². The number of hydrogen-bond donors (Lipinski definition) is 0. The number of benzene rings is 2. The van der Waals surface area contributed by atoms with Crippen LogP contribution in [0, 0.1) is 6.92 Å². The molecule has 0 saturated carbocycles. The Morgan fingerprint density at radius 3 is 2.12 bits per heavy atom. The molecule has 0 N–H and O–H groups in total. The van der Waals surface area contributed by atoms with Crippen LogP contribution in [0.15, 0.2) is 46.7 Å². The summed E-state index contributed by atoms with van der Waals surface area (Å²) in [4.78, 5) is 7.38. The molecule has 1 fully saturated rings. The van der Waals surface area contributed by atoms with Gasteiger partial charge >= 0.3 is 0 Å². The molecule has 9 heteroatoms. The third-order valence-electron chi connectivity index (χ3n) is 5.95. The predicted molar refractivity (Wildman–Crippen MR) is 131 cm³/mol. The maximum Gasteiger partial charge on any atom is 0.203 e. The second kappa shape index (κ2) is 9.61. The molecule has 176 valence electrons. The maximum absolute atomic E-state index is 13.0. The van der Waals surface area contributed by atoms with Crippen molar-refractivity contribution in [3.8, 4) is 28.5 Å². The first-order valence-electron chi connectivity index (χ1n) is 10.7. The van der Waals surface area contributed by atoms with E-state index in [0.29, 0.717) is 48.1 Å². The number of aromatic nitrogens is 1. The number of anilines is 1. The summed E-state index contributed by atoms with van der Waals surface area (Å²) in [5.41, 5.74) is 2.72. The van der Waals surface area contributed by atoms with Crippen molar-refractivity contribution in [2.45, 2.75) is 29.9 Å². The number of ether oxygens (including phenoxy) is 3. The van der Waals surface area contributed by atoms with Crippen molar-refractivity contribution in [1.82, 2.24) is 4.98 Å². The minimum atomic E-state index is -3.33. The molecule has 0 amide bonds. The van der Waals surface area contributed by atoms with E-state index in [0.717, 1.165) is 22.0 Å². The summed E-state index contributed by atoms with van der Waals surface area (Å²) in [7, 11) is 1.42. The summed E-state index contributed by atoms with van der Waals surface area (Å²) in [6.07, 6.45) is 1.16. The number of piperidine rings is 1. The first kappa shape index (κ1) is 23.4. The van der Waals surface area contributed by atoms with Crippen molar-refractivity contribution in [3.05, 3.63) is 47.3 Å². The van der Waals surface area contributed by atoms with Gasteiger partial charge in [-0.25, -0.2) is 13.4 Å². The molecule has 7 nitrogen and oxygen atoms in total. The first-order chi connectivity index (χ1) is 15.9. The monoisotopic (exact) mass is 488 g/mol. The summed E-state index contributed by atoms with van der Waals surface area (Å²) in [6, 6.07) is 10.9. The molecule has 1 aromatic heterocycles. The molecule has 0 unspecified atom stereocenters. The Bertz CT molecular complexity index is 1190. The standard InChI is InChI=1S/C24H28N2O5S2/c1-16-5-7-18(8-6-16)33(27,28)19-9-11-26(12-10-19)24-25-20(15-32-24)17-13-21(29-2)23(31-4)22(14-17)30-3/h5-8,13-15,19H,9-12H2,1-4H3. The van der Waals surface area contributed by atoms with Gasteiger partial charge < -0.3 is 19.1 Å². The van der Waals surface area contributed by atoms with E-state index in [4.69, 9.17) is 19.2 Å². The molecule has 0 radical (unpaired) electrons. The van der Waals surface area contributed by atoms with Gasteiger partial charge in [-0.05, 0) is 44.0 Å². The van der Waals surface area contributed by atoms with Crippen LogP contribution in [0.25, 0.3) is 11.3 Å². The Kier molecular flexibility index (Phi) is 6.81. The molecule has 0 atom stereocenters. The smallest absolute Gasteiger partial charge is 0.203 e. The van der Waals surface area contributed by atoms with Crippen molar-refractivity contribution >= 4 is 26.3 Å². The fraction of sp³-hybridized carbons (Fsp3) is 0.375. The lowest BCUT2D eigenvalue weighted by atomic mass is 10.1. The van der Waals surface area contributed by atoms with E-state index in [-0.39, 0.29) is 5.25 Å². The van der Waals surface area contributed by atoms with Crippen molar-refractivity contribution in [2.24, 2.45) is 0 Å². The van der Waals surface area contributed by atoms with E-state index >= 15 is 0 Å². The molecule has 33 heavy (non-hydrogen) atoms. The van der Waals surface area contributed by atoms with Gasteiger partial charge in [0.25, 0.3) is 0 Å². The molecule has 0 spiro atoms. The molecule has 3 aromatic rings. The van der Waals surface area contributed by atoms with Crippen LogP contribution >= 0.6 is 11.3 Å². The highest BCUT2D eigenvalue weighted by Crippen LogP contribution is 2.42. The highest BCUT2D eigenvalue weighted by molar-refractivity contribution is 7.92. The van der Waals surface area contributed by atoms with Crippen LogP contribution in [0.1, 0.15) is 18.4 Å². The first-order valence-corrected chi connectivity index (χ1v) is 13.1. The molecule has 2 aromatic carbocycles. The van der Waals surface area contributed by atoms with Gasteiger partial charge in [-0.1, -0.05) is 17.7 Å². The highest BCUT2D eigenvalue weighted by Gasteiger charge is 2.32. The molecule has 1 aliphatic heterocycles. The zero-order valence-electron chi connectivity index (χ0n) is 19.2. The second-order valence-corrected chi connectivity index (χ2v) is 11.0. The lowest BCUT2D eigenvalue weighted by Gasteiger charge is -2.31. The van der Waals surface area contributed by atoms with E-state index in [1.54, 1.807) is 44.8 Å². The minimum absolute atomic E-state index is 0.369. The molecule has 0 bridgehead atoms. The lowest BCUT2D eigenvalue weighted by molar-refractivity contribution is 0.324. The predicted octanol–water partition coefficient (Wildman–Crippen LogP) is 4.59. The third-order valence-corrected chi connectivity index (χ3v) is 9.13. The average Bonchev–Trinajstić information content (AvgIpc) is 3.34. The number of sulfone groups is 1. The summed E-state index contributed by atoms with van der Waals surface area (Å²) < 4.78 is 42.4. The van der Waals surface area contributed by atoms with Gasteiger partial charge in [-0.15, -0.1) is 11.3 Å². The Labute approximate surface area is 198 Å². The normalized spacial score (nSPS) is 14.8. The van der Waals surface area contributed by atoms with Crippen LogP contribution in [-0.4, -0.2) is 53.1 Å². The van der Waals surface area contributed by atoms with Crippen molar-refractivity contribution in [3.63, 3.8) is 0 Å². The number of hydrogen-bond acceptors (Lipinski definition) is 8. The molecule has 4 rings (SSSR count). The largest absolute Gasteiger partial charge is 0.493 e. The van der Waals surface area contributed by atoms with Crippen LogP contribution < -0.4 is 19.1 Å². The average molecular weight is 489 g/mol.